The van der Waals surface area contributed by atoms with Gasteiger partial charge in [0.05, 0.1) is 7.11 Å². The molecule has 0 spiro atoms. The first-order valence-corrected chi connectivity index (χ1v) is 11.3. The van der Waals surface area contributed by atoms with Crippen LogP contribution in [0.5, 0.6) is 11.5 Å². The molecule has 0 radical (unpaired) electrons. The molecule has 9 heteroatoms. The van der Waals surface area contributed by atoms with Gasteiger partial charge in [-0.3, -0.25) is 0 Å². The van der Waals surface area contributed by atoms with Crippen LogP contribution in [0, 0.1) is 0 Å². The van der Waals surface area contributed by atoms with E-state index in [1.807, 2.05) is 30.3 Å². The van der Waals surface area contributed by atoms with Crippen LogP contribution >= 0.6 is 23.4 Å². The van der Waals surface area contributed by atoms with E-state index in [2.05, 4.69) is 10.2 Å². The number of halogens is 1. The van der Waals surface area contributed by atoms with Crippen molar-refractivity contribution in [1.82, 2.24) is 10.2 Å². The van der Waals surface area contributed by atoms with E-state index in [1.54, 1.807) is 42.5 Å². The standard InChI is InChI=1S/C25H19ClN2O5S/c1-31-21-13-17(7-12-20(21)32-15-16-5-3-2-4-6-16)14-22(24(29)30)34-25-28-27-23(33-25)18-8-10-19(26)11-9-18/h2-14H,15H2,1H3,(H,29,30)/b22-14-. The summed E-state index contributed by atoms with van der Waals surface area (Å²) in [5, 5.41) is 18.3. The Hall–Kier alpha value is -3.75. The highest BCUT2D eigenvalue weighted by Gasteiger charge is 2.17. The van der Waals surface area contributed by atoms with Crippen LogP contribution in [-0.4, -0.2) is 28.4 Å². The first-order chi connectivity index (χ1) is 16.5. The van der Waals surface area contributed by atoms with Gasteiger partial charge < -0.3 is 19.0 Å². The number of rotatable bonds is 9. The number of carbonyl (C=O) groups is 1. The van der Waals surface area contributed by atoms with Gasteiger partial charge in [-0.1, -0.05) is 48.0 Å². The Morgan fingerprint density at radius 2 is 1.82 bits per heavy atom. The van der Waals surface area contributed by atoms with E-state index < -0.39 is 5.97 Å². The first-order valence-electron chi connectivity index (χ1n) is 10.1. The molecule has 1 N–H and O–H groups in total. The fourth-order valence-corrected chi connectivity index (χ4v) is 3.77. The summed E-state index contributed by atoms with van der Waals surface area (Å²) in [6, 6.07) is 21.8. The van der Waals surface area contributed by atoms with Crippen LogP contribution in [0.15, 0.2) is 87.3 Å². The van der Waals surface area contributed by atoms with Gasteiger partial charge in [0.25, 0.3) is 5.22 Å². The van der Waals surface area contributed by atoms with Crippen molar-refractivity contribution < 1.29 is 23.8 Å². The number of hydrogen-bond acceptors (Lipinski definition) is 7. The summed E-state index contributed by atoms with van der Waals surface area (Å²) in [6.07, 6.45) is 1.50. The van der Waals surface area contributed by atoms with Crippen LogP contribution in [0.25, 0.3) is 17.5 Å². The van der Waals surface area contributed by atoms with Crippen molar-refractivity contribution in [2.45, 2.75) is 11.8 Å². The maximum absolute atomic E-state index is 11.9. The molecule has 7 nitrogen and oxygen atoms in total. The van der Waals surface area contributed by atoms with Crippen molar-refractivity contribution in [1.29, 1.82) is 0 Å². The average molecular weight is 495 g/mol. The maximum Gasteiger partial charge on any atom is 0.342 e. The minimum atomic E-state index is -1.13. The first kappa shape index (κ1) is 23.4. The number of carboxylic acids is 1. The van der Waals surface area contributed by atoms with Crippen molar-refractivity contribution in [3.05, 3.63) is 93.9 Å². The number of hydrogen-bond donors (Lipinski definition) is 1. The Bertz CT molecular complexity index is 1310. The lowest BCUT2D eigenvalue weighted by molar-refractivity contribution is -0.131. The highest BCUT2D eigenvalue weighted by molar-refractivity contribution is 8.03. The molecule has 0 fully saturated rings. The third-order valence-corrected chi connectivity index (χ3v) is 5.73. The molecule has 4 rings (SSSR count). The van der Waals surface area contributed by atoms with Gasteiger partial charge in [-0.2, -0.15) is 0 Å². The lowest BCUT2D eigenvalue weighted by Gasteiger charge is -2.11. The van der Waals surface area contributed by atoms with Crippen molar-refractivity contribution in [2.24, 2.45) is 0 Å². The highest BCUT2D eigenvalue weighted by atomic mass is 35.5. The summed E-state index contributed by atoms with van der Waals surface area (Å²) in [5.74, 6) is 0.185. The summed E-state index contributed by atoms with van der Waals surface area (Å²) >= 11 is 6.76. The van der Waals surface area contributed by atoms with E-state index in [4.69, 9.17) is 25.5 Å². The molecule has 172 valence electrons. The molecule has 1 heterocycles. The third kappa shape index (κ3) is 5.98. The summed E-state index contributed by atoms with van der Waals surface area (Å²) in [4.78, 5) is 11.9. The average Bonchev–Trinajstić information content (AvgIpc) is 3.32. The Morgan fingerprint density at radius 1 is 1.06 bits per heavy atom. The van der Waals surface area contributed by atoms with Gasteiger partial charge in [0.15, 0.2) is 11.5 Å². The van der Waals surface area contributed by atoms with E-state index in [0.717, 1.165) is 17.3 Å². The largest absolute Gasteiger partial charge is 0.493 e. The number of nitrogens with zero attached hydrogens (tertiary/aromatic N) is 2. The maximum atomic E-state index is 11.9. The zero-order valence-electron chi connectivity index (χ0n) is 18.0. The molecule has 0 aliphatic rings. The summed E-state index contributed by atoms with van der Waals surface area (Å²) in [6.45, 7) is 0.385. The van der Waals surface area contributed by atoms with E-state index in [1.165, 1.54) is 13.2 Å². The lowest BCUT2D eigenvalue weighted by Crippen LogP contribution is -1.99. The van der Waals surface area contributed by atoms with Crippen LogP contribution < -0.4 is 9.47 Å². The highest BCUT2D eigenvalue weighted by Crippen LogP contribution is 2.33. The summed E-state index contributed by atoms with van der Waals surface area (Å²) in [5.41, 5.74) is 2.32. The Morgan fingerprint density at radius 3 is 2.53 bits per heavy atom. The molecule has 0 bridgehead atoms. The van der Waals surface area contributed by atoms with E-state index in [9.17, 15) is 9.90 Å². The minimum absolute atomic E-state index is 0.00585. The zero-order chi connectivity index (χ0) is 23.9. The molecule has 3 aromatic carbocycles. The number of carboxylic acid groups (broad SMARTS) is 1. The van der Waals surface area contributed by atoms with E-state index >= 15 is 0 Å². The monoisotopic (exact) mass is 494 g/mol. The Balaban J connectivity index is 1.51. The third-order valence-electron chi connectivity index (χ3n) is 4.63. The van der Waals surface area contributed by atoms with Gasteiger partial charge in [-0.05, 0) is 65.4 Å². The van der Waals surface area contributed by atoms with E-state index in [0.29, 0.717) is 34.3 Å². The SMILES string of the molecule is COc1cc(/C=C(\Sc2nnc(-c3ccc(Cl)cc3)o2)C(=O)O)ccc1OCc1ccccc1. The fourth-order valence-electron chi connectivity index (χ4n) is 2.97. The second kappa shape index (κ2) is 10.9. The van der Waals surface area contributed by atoms with Crippen LogP contribution in [0.3, 0.4) is 0 Å². The molecule has 0 saturated heterocycles. The fraction of sp³-hybridized carbons (Fsp3) is 0.0800. The topological polar surface area (TPSA) is 94.7 Å². The molecule has 0 saturated carbocycles. The number of thioether (sulfide) groups is 1. The number of benzene rings is 3. The van der Waals surface area contributed by atoms with Gasteiger partial charge in [-0.25, -0.2) is 4.79 Å². The quantitative estimate of drug-likeness (QED) is 0.217. The molecule has 0 unspecified atom stereocenters. The molecular formula is C25H19ClN2O5S. The van der Waals surface area contributed by atoms with Crippen molar-refractivity contribution in [3.63, 3.8) is 0 Å². The van der Waals surface area contributed by atoms with Crippen LogP contribution in [-0.2, 0) is 11.4 Å². The number of ether oxygens (including phenoxy) is 2. The van der Waals surface area contributed by atoms with Gasteiger partial charge in [0.2, 0.25) is 5.89 Å². The molecule has 0 amide bonds. The van der Waals surface area contributed by atoms with Crippen molar-refractivity contribution in [2.75, 3.05) is 7.11 Å². The molecule has 4 aromatic rings. The Labute approximate surface area is 205 Å². The van der Waals surface area contributed by atoms with Crippen molar-refractivity contribution in [3.8, 4) is 23.0 Å². The van der Waals surface area contributed by atoms with Gasteiger partial charge in [0.1, 0.15) is 11.5 Å². The predicted molar refractivity (Wildman–Crippen MR) is 130 cm³/mol. The van der Waals surface area contributed by atoms with Gasteiger partial charge in [-0.15, -0.1) is 10.2 Å². The molecule has 34 heavy (non-hydrogen) atoms. The predicted octanol–water partition coefficient (Wildman–Crippen LogP) is 6.20. The van der Waals surface area contributed by atoms with Crippen molar-refractivity contribution >= 4 is 35.4 Å². The van der Waals surface area contributed by atoms with Crippen LogP contribution in [0.4, 0.5) is 0 Å². The van der Waals surface area contributed by atoms with Gasteiger partial charge >= 0.3 is 5.97 Å². The summed E-state index contributed by atoms with van der Waals surface area (Å²) < 4.78 is 16.9. The minimum Gasteiger partial charge on any atom is -0.493 e. The normalized spacial score (nSPS) is 11.3. The van der Waals surface area contributed by atoms with Crippen LogP contribution in [0.1, 0.15) is 11.1 Å². The molecule has 0 aliphatic carbocycles. The second-order valence-corrected chi connectivity index (χ2v) is 8.41. The van der Waals surface area contributed by atoms with Gasteiger partial charge in [0, 0.05) is 10.6 Å². The lowest BCUT2D eigenvalue weighted by atomic mass is 10.2. The van der Waals surface area contributed by atoms with E-state index in [-0.39, 0.29) is 16.0 Å². The number of aromatic nitrogens is 2. The molecule has 0 aliphatic heterocycles. The molecule has 0 atom stereocenters. The number of methoxy groups -OCH3 is 1. The Kier molecular flexibility index (Phi) is 7.51. The number of aliphatic carboxylic acids is 1. The smallest absolute Gasteiger partial charge is 0.342 e. The molecule has 1 aromatic heterocycles. The summed E-state index contributed by atoms with van der Waals surface area (Å²) in [7, 11) is 1.53. The molecular weight excluding hydrogens is 476 g/mol. The van der Waals surface area contributed by atoms with Crippen LogP contribution in [0.2, 0.25) is 5.02 Å². The second-order valence-electron chi connectivity index (χ2n) is 6.98. The zero-order valence-corrected chi connectivity index (χ0v) is 19.5.